The van der Waals surface area contributed by atoms with Gasteiger partial charge in [-0.25, -0.2) is 0 Å². The molecule has 0 spiro atoms. The summed E-state index contributed by atoms with van der Waals surface area (Å²) in [6, 6.07) is 19.1. The molecular weight excluding hydrogens is 406 g/mol. The predicted octanol–water partition coefficient (Wildman–Crippen LogP) is 3.66. The molecule has 1 heterocycles. The zero-order chi connectivity index (χ0) is 19.1. The monoisotopic (exact) mass is 423 g/mol. The van der Waals surface area contributed by atoms with Crippen LogP contribution in [0.15, 0.2) is 65.1 Å². The highest BCUT2D eigenvalue weighted by atomic mass is 79.9. The van der Waals surface area contributed by atoms with Crippen LogP contribution in [-0.2, 0) is 7.05 Å². The van der Waals surface area contributed by atoms with Crippen LogP contribution in [0.2, 0.25) is 0 Å². The first kappa shape index (κ1) is 18.7. The Balaban J connectivity index is 1.51. The molecule has 5 nitrogen and oxygen atoms in total. The Labute approximate surface area is 166 Å². The maximum absolute atomic E-state index is 12.3. The number of nitrogens with zero attached hydrogens (tertiary/aromatic N) is 2. The van der Waals surface area contributed by atoms with E-state index < -0.39 is 0 Å². The number of rotatable bonds is 5. The summed E-state index contributed by atoms with van der Waals surface area (Å²) in [6.07, 6.45) is 0. The van der Waals surface area contributed by atoms with Gasteiger partial charge in [-0.1, -0.05) is 64.2 Å². The third-order valence-corrected chi connectivity index (χ3v) is 4.24. The van der Waals surface area contributed by atoms with Crippen molar-refractivity contribution in [3.63, 3.8) is 0 Å². The van der Waals surface area contributed by atoms with Crippen LogP contribution in [0.3, 0.4) is 0 Å². The number of carbonyl (C=O) groups is 1. The Bertz CT molecular complexity index is 987. The van der Waals surface area contributed by atoms with Gasteiger partial charge in [0.05, 0.1) is 12.2 Å². The van der Waals surface area contributed by atoms with E-state index in [4.69, 9.17) is 4.74 Å². The number of hydrogen-bond donors (Lipinski definition) is 1. The molecule has 3 rings (SSSR count). The first-order valence-corrected chi connectivity index (χ1v) is 9.14. The zero-order valence-electron chi connectivity index (χ0n) is 14.8. The van der Waals surface area contributed by atoms with Crippen LogP contribution < -0.4 is 10.1 Å². The average molecular weight is 424 g/mol. The van der Waals surface area contributed by atoms with E-state index in [1.807, 2.05) is 54.6 Å². The van der Waals surface area contributed by atoms with Gasteiger partial charge < -0.3 is 10.1 Å². The molecule has 0 aliphatic carbocycles. The molecule has 6 heteroatoms. The Morgan fingerprint density at radius 3 is 2.74 bits per heavy atom. The molecule has 27 heavy (non-hydrogen) atoms. The van der Waals surface area contributed by atoms with E-state index >= 15 is 0 Å². The first-order chi connectivity index (χ1) is 13.1. The maximum atomic E-state index is 12.3. The van der Waals surface area contributed by atoms with Gasteiger partial charge in [-0.05, 0) is 24.3 Å². The van der Waals surface area contributed by atoms with Gasteiger partial charge in [0, 0.05) is 17.1 Å². The highest BCUT2D eigenvalue weighted by Gasteiger charge is 2.13. The van der Waals surface area contributed by atoms with Gasteiger partial charge in [-0.3, -0.25) is 9.48 Å². The number of hydrogen-bond acceptors (Lipinski definition) is 3. The molecule has 0 fully saturated rings. The normalized spacial score (nSPS) is 10.0. The molecule has 1 amide bonds. The third-order valence-electron chi connectivity index (χ3n) is 3.75. The van der Waals surface area contributed by atoms with E-state index in [1.54, 1.807) is 17.8 Å². The van der Waals surface area contributed by atoms with Gasteiger partial charge in [0.25, 0.3) is 5.91 Å². The van der Waals surface area contributed by atoms with Crippen molar-refractivity contribution in [3.05, 3.63) is 70.8 Å². The molecule has 0 bridgehead atoms. The first-order valence-electron chi connectivity index (χ1n) is 8.35. The minimum absolute atomic E-state index is 0.214. The fourth-order valence-corrected chi connectivity index (χ4v) is 2.81. The predicted molar refractivity (Wildman–Crippen MR) is 108 cm³/mol. The van der Waals surface area contributed by atoms with Crippen molar-refractivity contribution >= 4 is 21.8 Å². The fraction of sp³-hybridized carbons (Fsp3) is 0.143. The lowest BCUT2D eigenvalue weighted by atomic mass is 10.1. The number of amides is 1. The summed E-state index contributed by atoms with van der Waals surface area (Å²) in [5.74, 6) is 6.29. The van der Waals surface area contributed by atoms with E-state index in [0.29, 0.717) is 5.69 Å². The van der Waals surface area contributed by atoms with E-state index in [1.165, 1.54) is 0 Å². The molecule has 0 atom stereocenters. The lowest BCUT2D eigenvalue weighted by molar-refractivity contribution is 0.0949. The molecule has 2 aromatic carbocycles. The lowest BCUT2D eigenvalue weighted by Gasteiger charge is -2.02. The molecule has 0 aliphatic rings. The van der Waals surface area contributed by atoms with Crippen LogP contribution in [-0.4, -0.2) is 28.8 Å². The van der Waals surface area contributed by atoms with Crippen molar-refractivity contribution in [1.82, 2.24) is 15.1 Å². The molecule has 3 aromatic rings. The number of nitrogens with one attached hydrogen (secondary N) is 1. The van der Waals surface area contributed by atoms with Crippen LogP contribution in [0.25, 0.3) is 11.3 Å². The number of ether oxygens (including phenoxy) is 1. The van der Waals surface area contributed by atoms with Crippen molar-refractivity contribution in [2.45, 2.75) is 0 Å². The van der Waals surface area contributed by atoms with Gasteiger partial charge in [0.2, 0.25) is 0 Å². The van der Waals surface area contributed by atoms with E-state index in [9.17, 15) is 4.79 Å². The minimum atomic E-state index is -0.214. The average Bonchev–Trinajstić information content (AvgIpc) is 3.07. The van der Waals surface area contributed by atoms with E-state index in [0.717, 1.165) is 21.5 Å². The van der Waals surface area contributed by atoms with Gasteiger partial charge in [-0.15, -0.1) is 0 Å². The van der Waals surface area contributed by atoms with Gasteiger partial charge in [0.1, 0.15) is 18.1 Å². The summed E-state index contributed by atoms with van der Waals surface area (Å²) in [7, 11) is 1.75. The summed E-state index contributed by atoms with van der Waals surface area (Å²) in [5.41, 5.74) is 2.22. The number of aryl methyl sites for hydroxylation is 1. The van der Waals surface area contributed by atoms with Crippen molar-refractivity contribution in [2.24, 2.45) is 7.05 Å². The van der Waals surface area contributed by atoms with Crippen LogP contribution in [0.1, 0.15) is 10.5 Å². The van der Waals surface area contributed by atoms with E-state index in [-0.39, 0.29) is 19.1 Å². The SMILES string of the molecule is Cn1nc(-c2ccccc2)cc1C(=O)NCC#CCOc1cccc(Br)c1. The Morgan fingerprint density at radius 2 is 1.96 bits per heavy atom. The number of halogens is 1. The third kappa shape index (κ3) is 5.22. The summed E-state index contributed by atoms with van der Waals surface area (Å²) < 4.78 is 8.04. The maximum Gasteiger partial charge on any atom is 0.270 e. The highest BCUT2D eigenvalue weighted by molar-refractivity contribution is 9.10. The molecule has 0 saturated carbocycles. The highest BCUT2D eigenvalue weighted by Crippen LogP contribution is 2.18. The van der Waals surface area contributed by atoms with Crippen LogP contribution in [0.5, 0.6) is 5.75 Å². The number of carbonyl (C=O) groups excluding carboxylic acids is 1. The Hall–Kier alpha value is -3.04. The summed E-state index contributed by atoms with van der Waals surface area (Å²) in [6.45, 7) is 0.503. The quantitative estimate of drug-likeness (QED) is 0.637. The molecule has 1 aromatic heterocycles. The Kier molecular flexibility index (Phi) is 6.29. The van der Waals surface area contributed by atoms with Gasteiger partial charge in [-0.2, -0.15) is 5.10 Å². The van der Waals surface area contributed by atoms with Crippen molar-refractivity contribution in [2.75, 3.05) is 13.2 Å². The zero-order valence-corrected chi connectivity index (χ0v) is 16.4. The lowest BCUT2D eigenvalue weighted by Crippen LogP contribution is -2.25. The second-order valence-electron chi connectivity index (χ2n) is 5.69. The molecule has 0 saturated heterocycles. The molecule has 0 radical (unpaired) electrons. The van der Waals surface area contributed by atoms with Gasteiger partial charge >= 0.3 is 0 Å². The van der Waals surface area contributed by atoms with Crippen LogP contribution in [0.4, 0.5) is 0 Å². The summed E-state index contributed by atoms with van der Waals surface area (Å²) in [4.78, 5) is 12.3. The minimum Gasteiger partial charge on any atom is -0.481 e. The van der Waals surface area contributed by atoms with Crippen molar-refractivity contribution < 1.29 is 9.53 Å². The largest absolute Gasteiger partial charge is 0.481 e. The van der Waals surface area contributed by atoms with Gasteiger partial charge in [0.15, 0.2) is 0 Å². The van der Waals surface area contributed by atoms with Crippen molar-refractivity contribution in [1.29, 1.82) is 0 Å². The molecular formula is C21H18BrN3O2. The Morgan fingerprint density at radius 1 is 1.15 bits per heavy atom. The summed E-state index contributed by atoms with van der Waals surface area (Å²) in [5, 5.41) is 7.17. The second kappa shape index (κ2) is 9.06. The van der Waals surface area contributed by atoms with Crippen LogP contribution >= 0.6 is 15.9 Å². The number of aromatic nitrogens is 2. The fourth-order valence-electron chi connectivity index (χ4n) is 2.43. The van der Waals surface area contributed by atoms with E-state index in [2.05, 4.69) is 38.2 Å². The second-order valence-corrected chi connectivity index (χ2v) is 6.60. The summed E-state index contributed by atoms with van der Waals surface area (Å²) >= 11 is 3.39. The molecule has 0 unspecified atom stereocenters. The molecule has 1 N–H and O–H groups in total. The smallest absolute Gasteiger partial charge is 0.270 e. The molecule has 0 aliphatic heterocycles. The van der Waals surface area contributed by atoms with Crippen molar-refractivity contribution in [3.8, 4) is 28.8 Å². The van der Waals surface area contributed by atoms with Crippen LogP contribution in [0, 0.1) is 11.8 Å². The topological polar surface area (TPSA) is 56.2 Å². The number of benzene rings is 2. The standard InChI is InChI=1S/C21H18BrN3O2/c1-25-20(15-19(24-25)16-8-3-2-4-9-16)21(26)23-12-5-6-13-27-18-11-7-10-17(22)14-18/h2-4,7-11,14-15H,12-13H2,1H3,(H,23,26). The molecule has 136 valence electrons.